The van der Waals surface area contributed by atoms with Crippen LogP contribution in [0.2, 0.25) is 5.02 Å². The lowest BCUT2D eigenvalue weighted by Crippen LogP contribution is -2.11. The van der Waals surface area contributed by atoms with Gasteiger partial charge >= 0.3 is 5.97 Å². The second-order valence-corrected chi connectivity index (χ2v) is 5.07. The van der Waals surface area contributed by atoms with Crippen LogP contribution in [0.25, 0.3) is 0 Å². The molecule has 1 amide bonds. The summed E-state index contributed by atoms with van der Waals surface area (Å²) in [6, 6.07) is 6.55. The summed E-state index contributed by atoms with van der Waals surface area (Å²) in [5, 5.41) is 11.3. The minimum atomic E-state index is -1.11. The molecule has 1 aromatic heterocycles. The van der Waals surface area contributed by atoms with Gasteiger partial charge in [-0.2, -0.15) is 0 Å². The van der Waals surface area contributed by atoms with Crippen LogP contribution in [0, 0.1) is 5.82 Å². The first-order chi connectivity index (χ1) is 8.97. The highest BCUT2D eigenvalue weighted by Crippen LogP contribution is 2.22. The van der Waals surface area contributed by atoms with Gasteiger partial charge in [-0.25, -0.2) is 9.18 Å². The maximum Gasteiger partial charge on any atom is 0.345 e. The number of anilines is 1. The maximum atomic E-state index is 13.5. The molecule has 0 atom stereocenters. The van der Waals surface area contributed by atoms with Crippen molar-refractivity contribution < 1.29 is 19.1 Å². The van der Waals surface area contributed by atoms with Gasteiger partial charge in [0.15, 0.2) is 0 Å². The van der Waals surface area contributed by atoms with Crippen molar-refractivity contribution in [3.63, 3.8) is 0 Å². The molecule has 2 aromatic rings. The average Bonchev–Trinajstić information content (AvgIpc) is 2.82. The van der Waals surface area contributed by atoms with Crippen LogP contribution in [0.5, 0.6) is 0 Å². The first-order valence-corrected chi connectivity index (χ1v) is 6.26. The minimum Gasteiger partial charge on any atom is -0.477 e. The molecule has 4 nitrogen and oxygen atoms in total. The van der Waals surface area contributed by atoms with Crippen molar-refractivity contribution >= 4 is 40.5 Å². The van der Waals surface area contributed by atoms with Gasteiger partial charge in [-0.1, -0.05) is 11.6 Å². The molecular formula is C12H7ClFNO3S. The van der Waals surface area contributed by atoms with Crippen molar-refractivity contribution in [1.29, 1.82) is 0 Å². The van der Waals surface area contributed by atoms with E-state index in [1.807, 2.05) is 0 Å². The van der Waals surface area contributed by atoms with Crippen LogP contribution in [0.1, 0.15) is 19.3 Å². The van der Waals surface area contributed by atoms with Crippen molar-refractivity contribution in [1.82, 2.24) is 0 Å². The Labute approximate surface area is 116 Å². The number of benzene rings is 1. The van der Waals surface area contributed by atoms with Crippen LogP contribution >= 0.6 is 22.9 Å². The Morgan fingerprint density at radius 2 is 1.89 bits per heavy atom. The van der Waals surface area contributed by atoms with Crippen LogP contribution in [-0.4, -0.2) is 17.0 Å². The van der Waals surface area contributed by atoms with Gasteiger partial charge in [0.25, 0.3) is 5.91 Å². The monoisotopic (exact) mass is 299 g/mol. The molecule has 1 aromatic carbocycles. The zero-order valence-corrected chi connectivity index (χ0v) is 10.9. The predicted molar refractivity (Wildman–Crippen MR) is 70.6 cm³/mol. The van der Waals surface area contributed by atoms with Gasteiger partial charge in [0, 0.05) is 5.02 Å². The highest BCUT2D eigenvalue weighted by Gasteiger charge is 2.14. The van der Waals surface area contributed by atoms with Crippen molar-refractivity contribution in [2.75, 3.05) is 5.32 Å². The fourth-order valence-corrected chi connectivity index (χ4v) is 2.25. The van der Waals surface area contributed by atoms with E-state index >= 15 is 0 Å². The molecule has 0 aliphatic rings. The minimum absolute atomic E-state index is 0.0142. The van der Waals surface area contributed by atoms with Gasteiger partial charge in [-0.15, -0.1) is 11.3 Å². The molecular weight excluding hydrogens is 293 g/mol. The molecule has 2 N–H and O–H groups in total. The summed E-state index contributed by atoms with van der Waals surface area (Å²) >= 11 is 6.41. The number of carboxylic acids is 1. The van der Waals surface area contributed by atoms with Gasteiger partial charge in [-0.3, -0.25) is 4.79 Å². The largest absolute Gasteiger partial charge is 0.477 e. The fraction of sp³-hybridized carbons (Fsp3) is 0. The lowest BCUT2D eigenvalue weighted by molar-refractivity contribution is 0.0702. The fourth-order valence-electron chi connectivity index (χ4n) is 1.35. The van der Waals surface area contributed by atoms with Crippen molar-refractivity contribution in [2.45, 2.75) is 0 Å². The normalized spacial score (nSPS) is 10.2. The van der Waals surface area contributed by atoms with E-state index < -0.39 is 17.7 Å². The Balaban J connectivity index is 2.18. The zero-order valence-electron chi connectivity index (χ0n) is 9.31. The van der Waals surface area contributed by atoms with Crippen molar-refractivity contribution in [3.05, 3.63) is 50.9 Å². The predicted octanol–water partition coefficient (Wildman–Crippen LogP) is 3.49. The van der Waals surface area contributed by atoms with E-state index in [2.05, 4.69) is 5.32 Å². The third-order valence-corrected chi connectivity index (χ3v) is 3.53. The van der Waals surface area contributed by atoms with Gasteiger partial charge in [0.05, 0.1) is 10.6 Å². The number of aromatic carboxylic acids is 1. The number of hydrogen-bond donors (Lipinski definition) is 2. The van der Waals surface area contributed by atoms with E-state index in [4.69, 9.17) is 16.7 Å². The van der Waals surface area contributed by atoms with Gasteiger partial charge < -0.3 is 10.4 Å². The number of carbonyl (C=O) groups excluding carboxylic acids is 1. The highest BCUT2D eigenvalue weighted by atomic mass is 35.5. The second kappa shape index (κ2) is 5.38. The third-order valence-electron chi connectivity index (χ3n) is 2.22. The van der Waals surface area contributed by atoms with E-state index in [9.17, 15) is 14.0 Å². The lowest BCUT2D eigenvalue weighted by atomic mass is 10.3. The molecule has 0 saturated carbocycles. The summed E-state index contributed by atoms with van der Waals surface area (Å²) in [4.78, 5) is 22.7. The van der Waals surface area contributed by atoms with E-state index in [-0.39, 0.29) is 20.5 Å². The van der Waals surface area contributed by atoms with E-state index in [1.165, 1.54) is 24.3 Å². The molecule has 0 spiro atoms. The van der Waals surface area contributed by atoms with Crippen LogP contribution in [0.15, 0.2) is 30.3 Å². The van der Waals surface area contributed by atoms with Gasteiger partial charge in [0.2, 0.25) is 0 Å². The molecule has 7 heteroatoms. The molecule has 0 unspecified atom stereocenters. The Kier molecular flexibility index (Phi) is 3.82. The molecule has 0 radical (unpaired) electrons. The number of halogens is 2. The summed E-state index contributed by atoms with van der Waals surface area (Å²) in [7, 11) is 0. The van der Waals surface area contributed by atoms with Crippen molar-refractivity contribution in [2.24, 2.45) is 0 Å². The van der Waals surface area contributed by atoms with Crippen LogP contribution < -0.4 is 5.32 Å². The first-order valence-electron chi connectivity index (χ1n) is 5.07. The molecule has 0 bridgehead atoms. The summed E-state index contributed by atoms with van der Waals surface area (Å²) in [5.41, 5.74) is -0.0142. The lowest BCUT2D eigenvalue weighted by Gasteiger charge is -2.04. The molecule has 0 fully saturated rings. The number of amides is 1. The number of nitrogens with one attached hydrogen (secondary N) is 1. The smallest absolute Gasteiger partial charge is 0.345 e. The van der Waals surface area contributed by atoms with E-state index in [0.29, 0.717) is 0 Å². The standard InChI is InChI=1S/C12H7ClFNO3S/c13-6-1-2-8(7(14)5-6)15-11(16)9-3-4-10(19-9)12(17)18/h1-5H,(H,15,16)(H,17,18). The molecule has 0 saturated heterocycles. The Hall–Kier alpha value is -1.92. The zero-order chi connectivity index (χ0) is 14.0. The van der Waals surface area contributed by atoms with Crippen LogP contribution in [0.4, 0.5) is 10.1 Å². The average molecular weight is 300 g/mol. The van der Waals surface area contributed by atoms with Crippen LogP contribution in [0.3, 0.4) is 0 Å². The topological polar surface area (TPSA) is 66.4 Å². The summed E-state index contributed by atoms with van der Waals surface area (Å²) in [6.07, 6.45) is 0. The highest BCUT2D eigenvalue weighted by molar-refractivity contribution is 7.15. The van der Waals surface area contributed by atoms with Gasteiger partial charge in [-0.05, 0) is 30.3 Å². The third kappa shape index (κ3) is 3.10. The molecule has 98 valence electrons. The van der Waals surface area contributed by atoms with E-state index in [1.54, 1.807) is 0 Å². The summed E-state index contributed by atoms with van der Waals surface area (Å²) in [6.45, 7) is 0. The maximum absolute atomic E-state index is 13.5. The molecule has 2 rings (SSSR count). The number of carbonyl (C=O) groups is 2. The molecule has 0 aliphatic carbocycles. The SMILES string of the molecule is O=C(O)c1ccc(C(=O)Nc2ccc(Cl)cc2F)s1. The molecule has 1 heterocycles. The van der Waals surface area contributed by atoms with Crippen LogP contribution in [-0.2, 0) is 0 Å². The molecule has 0 aliphatic heterocycles. The number of thiophene rings is 1. The van der Waals surface area contributed by atoms with Crippen molar-refractivity contribution in [3.8, 4) is 0 Å². The number of rotatable bonds is 3. The first kappa shape index (κ1) is 13.5. The Morgan fingerprint density at radius 1 is 1.21 bits per heavy atom. The molecule has 19 heavy (non-hydrogen) atoms. The number of carboxylic acid groups (broad SMARTS) is 1. The summed E-state index contributed by atoms with van der Waals surface area (Å²) < 4.78 is 13.5. The van der Waals surface area contributed by atoms with Gasteiger partial charge in [0.1, 0.15) is 10.7 Å². The Morgan fingerprint density at radius 3 is 2.47 bits per heavy atom. The van der Waals surface area contributed by atoms with E-state index in [0.717, 1.165) is 17.4 Å². The Bertz CT molecular complexity index is 656. The number of hydrogen-bond acceptors (Lipinski definition) is 3. The summed E-state index contributed by atoms with van der Waals surface area (Å²) in [5.74, 6) is -2.34. The second-order valence-electron chi connectivity index (χ2n) is 3.55. The quantitative estimate of drug-likeness (QED) is 0.911.